The molecule has 0 aliphatic carbocycles. The average Bonchev–Trinajstić information content (AvgIpc) is 3.33. The summed E-state index contributed by atoms with van der Waals surface area (Å²) in [6.07, 6.45) is 1.52. The van der Waals surface area contributed by atoms with E-state index in [1.807, 2.05) is 23.1 Å². The van der Waals surface area contributed by atoms with Gasteiger partial charge in [-0.3, -0.25) is 4.79 Å². The SMILES string of the molecule is COCCN(CCC(=O)NCCc1ccc(OC)c(OC)c1)c1nc(Cc2ccc(F)cc2)ns1. The maximum atomic E-state index is 13.1. The molecule has 8 nitrogen and oxygen atoms in total. The lowest BCUT2D eigenvalue weighted by molar-refractivity contribution is -0.120. The van der Waals surface area contributed by atoms with Gasteiger partial charge in [0.1, 0.15) is 11.6 Å². The van der Waals surface area contributed by atoms with Crippen molar-refractivity contribution in [3.63, 3.8) is 0 Å². The zero-order valence-electron chi connectivity index (χ0n) is 20.3. The van der Waals surface area contributed by atoms with Gasteiger partial charge in [-0.05, 0) is 41.8 Å². The normalized spacial score (nSPS) is 10.7. The van der Waals surface area contributed by atoms with Crippen molar-refractivity contribution in [3.05, 3.63) is 65.2 Å². The molecule has 0 unspecified atom stereocenters. The van der Waals surface area contributed by atoms with Crippen molar-refractivity contribution in [1.29, 1.82) is 0 Å². The molecule has 2 aromatic carbocycles. The van der Waals surface area contributed by atoms with Crippen LogP contribution in [0, 0.1) is 5.82 Å². The van der Waals surface area contributed by atoms with Crippen LogP contribution in [0.4, 0.5) is 9.52 Å². The lowest BCUT2D eigenvalue weighted by atomic mass is 10.1. The number of ether oxygens (including phenoxy) is 3. The van der Waals surface area contributed by atoms with Gasteiger partial charge in [0.15, 0.2) is 11.5 Å². The molecule has 10 heteroatoms. The molecule has 0 saturated heterocycles. The number of methoxy groups -OCH3 is 3. The summed E-state index contributed by atoms with van der Waals surface area (Å²) in [5.74, 6) is 1.70. The molecule has 0 aliphatic rings. The van der Waals surface area contributed by atoms with Crippen molar-refractivity contribution < 1.29 is 23.4 Å². The molecule has 3 aromatic rings. The zero-order chi connectivity index (χ0) is 25.0. The predicted molar refractivity (Wildman–Crippen MR) is 134 cm³/mol. The van der Waals surface area contributed by atoms with E-state index >= 15 is 0 Å². The van der Waals surface area contributed by atoms with Gasteiger partial charge in [0.05, 0.1) is 20.8 Å². The minimum atomic E-state index is -0.270. The van der Waals surface area contributed by atoms with Crippen LogP contribution in [0.15, 0.2) is 42.5 Å². The quantitative estimate of drug-likeness (QED) is 0.361. The largest absolute Gasteiger partial charge is 0.493 e. The third-order valence-electron chi connectivity index (χ3n) is 5.36. The van der Waals surface area contributed by atoms with Gasteiger partial charge in [-0.2, -0.15) is 4.37 Å². The lowest BCUT2D eigenvalue weighted by Gasteiger charge is -2.20. The summed E-state index contributed by atoms with van der Waals surface area (Å²) >= 11 is 1.29. The topological polar surface area (TPSA) is 85.8 Å². The molecule has 0 radical (unpaired) electrons. The Balaban J connectivity index is 1.50. The molecule has 3 rings (SSSR count). The van der Waals surface area contributed by atoms with Crippen LogP contribution < -0.4 is 19.7 Å². The van der Waals surface area contributed by atoms with Crippen LogP contribution >= 0.6 is 11.5 Å². The van der Waals surface area contributed by atoms with Crippen molar-refractivity contribution >= 4 is 22.6 Å². The van der Waals surface area contributed by atoms with E-state index in [1.165, 1.54) is 23.7 Å². The highest BCUT2D eigenvalue weighted by Crippen LogP contribution is 2.27. The number of nitrogens with zero attached hydrogens (tertiary/aromatic N) is 3. The Bertz CT molecular complexity index is 1080. The first kappa shape index (κ1) is 26.4. The van der Waals surface area contributed by atoms with E-state index < -0.39 is 0 Å². The summed E-state index contributed by atoms with van der Waals surface area (Å²) in [5, 5.41) is 3.70. The lowest BCUT2D eigenvalue weighted by Crippen LogP contribution is -2.33. The minimum Gasteiger partial charge on any atom is -0.493 e. The first-order chi connectivity index (χ1) is 17.0. The number of carbonyl (C=O) groups excluding carboxylic acids is 1. The van der Waals surface area contributed by atoms with E-state index in [4.69, 9.17) is 14.2 Å². The molecule has 1 amide bonds. The van der Waals surface area contributed by atoms with Gasteiger partial charge in [0, 0.05) is 51.1 Å². The molecular formula is C25H31FN4O4S. The summed E-state index contributed by atoms with van der Waals surface area (Å²) in [7, 11) is 4.84. The van der Waals surface area contributed by atoms with Gasteiger partial charge >= 0.3 is 0 Å². The molecule has 35 heavy (non-hydrogen) atoms. The number of nitrogens with one attached hydrogen (secondary N) is 1. The summed E-state index contributed by atoms with van der Waals surface area (Å²) in [4.78, 5) is 19.1. The number of halogens is 1. The molecule has 0 saturated carbocycles. The van der Waals surface area contributed by atoms with Crippen LogP contribution in [0.1, 0.15) is 23.4 Å². The average molecular weight is 503 g/mol. The van der Waals surface area contributed by atoms with Crippen LogP contribution in [0.25, 0.3) is 0 Å². The van der Waals surface area contributed by atoms with Gasteiger partial charge in [0.2, 0.25) is 11.0 Å². The Kier molecular flexibility index (Phi) is 10.2. The fourth-order valence-corrected chi connectivity index (χ4v) is 4.18. The van der Waals surface area contributed by atoms with Gasteiger partial charge in [0.25, 0.3) is 0 Å². The van der Waals surface area contributed by atoms with E-state index in [1.54, 1.807) is 33.5 Å². The number of anilines is 1. The Morgan fingerprint density at radius 3 is 2.49 bits per heavy atom. The molecule has 1 aromatic heterocycles. The van der Waals surface area contributed by atoms with E-state index in [0.29, 0.717) is 62.8 Å². The second-order valence-electron chi connectivity index (χ2n) is 7.82. The van der Waals surface area contributed by atoms with Gasteiger partial charge in [-0.15, -0.1) is 0 Å². The fourth-order valence-electron chi connectivity index (χ4n) is 3.44. The third-order valence-corrected chi connectivity index (χ3v) is 6.18. The van der Waals surface area contributed by atoms with Crippen molar-refractivity contribution in [2.45, 2.75) is 19.3 Å². The highest BCUT2D eigenvalue weighted by molar-refractivity contribution is 7.09. The van der Waals surface area contributed by atoms with Crippen LogP contribution in [-0.4, -0.2) is 62.8 Å². The second-order valence-corrected chi connectivity index (χ2v) is 8.55. The van der Waals surface area contributed by atoms with Crippen LogP contribution in [0.3, 0.4) is 0 Å². The molecule has 0 atom stereocenters. The standard InChI is InChI=1S/C25H31FN4O4S/c1-32-15-14-30(25-28-23(29-35-25)17-18-4-7-20(26)8-5-18)13-11-24(31)27-12-10-19-6-9-21(33-2)22(16-19)34-3/h4-9,16H,10-15,17H2,1-3H3,(H,27,31). The molecule has 0 fully saturated rings. The second kappa shape index (κ2) is 13.6. The number of hydrogen-bond acceptors (Lipinski definition) is 8. The van der Waals surface area contributed by atoms with Crippen LogP contribution in [-0.2, 0) is 22.4 Å². The van der Waals surface area contributed by atoms with Crippen molar-refractivity contribution in [2.24, 2.45) is 0 Å². The highest BCUT2D eigenvalue weighted by atomic mass is 32.1. The maximum Gasteiger partial charge on any atom is 0.221 e. The van der Waals surface area contributed by atoms with E-state index in [2.05, 4.69) is 14.7 Å². The Morgan fingerprint density at radius 1 is 1.03 bits per heavy atom. The predicted octanol–water partition coefficient (Wildman–Crippen LogP) is 3.49. The summed E-state index contributed by atoms with van der Waals surface area (Å²) in [5.41, 5.74) is 1.99. The first-order valence-electron chi connectivity index (χ1n) is 11.3. The monoisotopic (exact) mass is 502 g/mol. The van der Waals surface area contributed by atoms with Crippen molar-refractivity contribution in [3.8, 4) is 11.5 Å². The van der Waals surface area contributed by atoms with Gasteiger partial charge in [-0.1, -0.05) is 18.2 Å². The first-order valence-corrected chi connectivity index (χ1v) is 12.1. The smallest absolute Gasteiger partial charge is 0.221 e. The van der Waals surface area contributed by atoms with Gasteiger partial charge in [-0.25, -0.2) is 9.37 Å². The molecule has 1 N–H and O–H groups in total. The molecule has 188 valence electrons. The zero-order valence-corrected chi connectivity index (χ0v) is 21.1. The number of rotatable bonds is 14. The number of benzene rings is 2. The summed E-state index contributed by atoms with van der Waals surface area (Å²) in [6.45, 7) is 2.12. The maximum absolute atomic E-state index is 13.1. The number of aromatic nitrogens is 2. The Labute approximate surface area is 209 Å². The Morgan fingerprint density at radius 2 is 1.77 bits per heavy atom. The van der Waals surface area contributed by atoms with Crippen molar-refractivity contribution in [1.82, 2.24) is 14.7 Å². The number of amides is 1. The van der Waals surface area contributed by atoms with E-state index in [0.717, 1.165) is 16.3 Å². The summed E-state index contributed by atoms with van der Waals surface area (Å²) < 4.78 is 33.4. The molecular weight excluding hydrogens is 471 g/mol. The van der Waals surface area contributed by atoms with E-state index in [9.17, 15) is 9.18 Å². The van der Waals surface area contributed by atoms with Crippen molar-refractivity contribution in [2.75, 3.05) is 52.5 Å². The molecule has 1 heterocycles. The fraction of sp³-hybridized carbons (Fsp3) is 0.400. The number of hydrogen-bond donors (Lipinski definition) is 1. The molecule has 0 aliphatic heterocycles. The number of carbonyl (C=O) groups is 1. The third kappa shape index (κ3) is 8.18. The van der Waals surface area contributed by atoms with Gasteiger partial charge < -0.3 is 24.4 Å². The van der Waals surface area contributed by atoms with Crippen LogP contribution in [0.2, 0.25) is 0 Å². The highest BCUT2D eigenvalue weighted by Gasteiger charge is 2.15. The molecule has 0 bridgehead atoms. The van der Waals surface area contributed by atoms with Crippen LogP contribution in [0.5, 0.6) is 11.5 Å². The molecule has 0 spiro atoms. The summed E-state index contributed by atoms with van der Waals surface area (Å²) in [6, 6.07) is 12.0. The Hall–Kier alpha value is -3.24. The minimum absolute atomic E-state index is 0.0380. The van der Waals surface area contributed by atoms with E-state index in [-0.39, 0.29) is 11.7 Å².